The molecule has 0 spiro atoms. The monoisotopic (exact) mass is 326 g/mol. The van der Waals surface area contributed by atoms with E-state index in [1.807, 2.05) is 24.4 Å². The molecule has 22 heavy (non-hydrogen) atoms. The molecule has 0 bridgehead atoms. The molecule has 2 rings (SSSR count). The average Bonchev–Trinajstić information content (AvgIpc) is 3.07. The van der Waals surface area contributed by atoms with Crippen molar-refractivity contribution >= 4 is 17.3 Å². The topological polar surface area (TPSA) is 69.1 Å². The van der Waals surface area contributed by atoms with E-state index in [0.717, 1.165) is 44.3 Å². The number of ether oxygens (including phenoxy) is 1. The zero-order valence-electron chi connectivity index (χ0n) is 13.3. The standard InChI is InChI=1S/C15H26N4O2S/c1-15(20,13-4-3-11-22-13)12-18-14(16-2)17-5-6-19-7-9-21-10-8-19/h3-4,11,20H,5-10,12H2,1-2H3,(H2,16,17,18). The van der Waals surface area contributed by atoms with Crippen molar-refractivity contribution in [3.8, 4) is 0 Å². The maximum Gasteiger partial charge on any atom is 0.191 e. The van der Waals surface area contributed by atoms with Crippen molar-refractivity contribution in [1.82, 2.24) is 15.5 Å². The summed E-state index contributed by atoms with van der Waals surface area (Å²) in [5.41, 5.74) is -0.893. The lowest BCUT2D eigenvalue weighted by molar-refractivity contribution is 0.0388. The predicted molar refractivity (Wildman–Crippen MR) is 90.5 cm³/mol. The SMILES string of the molecule is CN=C(NCCN1CCOCC1)NCC(C)(O)c1cccs1. The third-order valence-electron chi connectivity index (χ3n) is 3.70. The second-order valence-corrected chi connectivity index (χ2v) is 6.51. The fourth-order valence-electron chi connectivity index (χ4n) is 2.31. The third kappa shape index (κ3) is 5.24. The molecular formula is C15H26N4O2S. The number of nitrogens with zero attached hydrogens (tertiary/aromatic N) is 2. The zero-order valence-corrected chi connectivity index (χ0v) is 14.2. The number of nitrogens with one attached hydrogen (secondary N) is 2. The number of hydrogen-bond acceptors (Lipinski definition) is 5. The van der Waals surface area contributed by atoms with Crippen molar-refractivity contribution in [2.75, 3.05) is 53.0 Å². The molecule has 124 valence electrons. The van der Waals surface area contributed by atoms with E-state index in [-0.39, 0.29) is 0 Å². The Kier molecular flexibility index (Phi) is 6.63. The molecule has 7 heteroatoms. The van der Waals surface area contributed by atoms with Crippen LogP contribution in [0.2, 0.25) is 0 Å². The number of aliphatic hydroxyl groups is 1. The largest absolute Gasteiger partial charge is 0.383 e. The molecule has 0 saturated carbocycles. The average molecular weight is 326 g/mol. The van der Waals surface area contributed by atoms with Gasteiger partial charge in [-0.25, -0.2) is 0 Å². The summed E-state index contributed by atoms with van der Waals surface area (Å²) in [6, 6.07) is 3.89. The highest BCUT2D eigenvalue weighted by Crippen LogP contribution is 2.24. The highest BCUT2D eigenvalue weighted by Gasteiger charge is 2.24. The quantitative estimate of drug-likeness (QED) is 0.523. The van der Waals surface area contributed by atoms with Gasteiger partial charge in [-0.05, 0) is 18.4 Å². The minimum Gasteiger partial charge on any atom is -0.383 e. The summed E-state index contributed by atoms with van der Waals surface area (Å²) < 4.78 is 5.33. The molecule has 1 aliphatic rings. The molecule has 1 aromatic rings. The highest BCUT2D eigenvalue weighted by molar-refractivity contribution is 7.10. The Labute approximate surface area is 136 Å². The van der Waals surface area contributed by atoms with Crippen LogP contribution in [0.3, 0.4) is 0 Å². The van der Waals surface area contributed by atoms with E-state index in [1.165, 1.54) is 0 Å². The van der Waals surface area contributed by atoms with Crippen molar-refractivity contribution in [3.63, 3.8) is 0 Å². The minimum absolute atomic E-state index is 0.421. The molecule has 2 heterocycles. The number of rotatable bonds is 6. The number of thiophene rings is 1. The Morgan fingerprint density at radius 1 is 1.45 bits per heavy atom. The molecule has 1 aromatic heterocycles. The van der Waals surface area contributed by atoms with Gasteiger partial charge in [0.1, 0.15) is 5.60 Å². The zero-order chi connectivity index (χ0) is 15.8. The summed E-state index contributed by atoms with van der Waals surface area (Å²) in [7, 11) is 1.74. The van der Waals surface area contributed by atoms with Crippen LogP contribution in [0.5, 0.6) is 0 Å². The Morgan fingerprint density at radius 2 is 2.23 bits per heavy atom. The smallest absolute Gasteiger partial charge is 0.191 e. The lowest BCUT2D eigenvalue weighted by atomic mass is 10.1. The van der Waals surface area contributed by atoms with Gasteiger partial charge in [0.15, 0.2) is 5.96 Å². The number of guanidine groups is 1. The number of morpholine rings is 1. The van der Waals surface area contributed by atoms with E-state index in [4.69, 9.17) is 4.74 Å². The van der Waals surface area contributed by atoms with Gasteiger partial charge in [-0.15, -0.1) is 11.3 Å². The van der Waals surface area contributed by atoms with Crippen molar-refractivity contribution in [2.24, 2.45) is 4.99 Å². The Balaban J connectivity index is 1.71. The van der Waals surface area contributed by atoms with E-state index in [0.29, 0.717) is 12.5 Å². The molecule has 0 radical (unpaired) electrons. The van der Waals surface area contributed by atoms with Gasteiger partial charge in [0.2, 0.25) is 0 Å². The summed E-state index contributed by atoms with van der Waals surface area (Å²) in [6.07, 6.45) is 0. The maximum atomic E-state index is 10.5. The van der Waals surface area contributed by atoms with Crippen molar-refractivity contribution < 1.29 is 9.84 Å². The van der Waals surface area contributed by atoms with Gasteiger partial charge in [-0.2, -0.15) is 0 Å². The first-order valence-electron chi connectivity index (χ1n) is 7.63. The van der Waals surface area contributed by atoms with Crippen LogP contribution in [0, 0.1) is 0 Å². The van der Waals surface area contributed by atoms with Crippen molar-refractivity contribution in [1.29, 1.82) is 0 Å². The van der Waals surface area contributed by atoms with Crippen LogP contribution in [-0.2, 0) is 10.3 Å². The Bertz CT molecular complexity index is 456. The van der Waals surface area contributed by atoms with Gasteiger partial charge in [-0.1, -0.05) is 6.07 Å². The van der Waals surface area contributed by atoms with Crippen LogP contribution in [0.4, 0.5) is 0 Å². The van der Waals surface area contributed by atoms with Crippen LogP contribution in [-0.4, -0.2) is 69.0 Å². The van der Waals surface area contributed by atoms with E-state index in [1.54, 1.807) is 18.4 Å². The molecule has 1 aliphatic heterocycles. The molecular weight excluding hydrogens is 300 g/mol. The Morgan fingerprint density at radius 3 is 2.86 bits per heavy atom. The second kappa shape index (κ2) is 8.47. The molecule has 0 aliphatic carbocycles. The molecule has 0 amide bonds. The van der Waals surface area contributed by atoms with Gasteiger partial charge in [0.05, 0.1) is 19.8 Å². The normalized spacial score (nSPS) is 19.7. The van der Waals surface area contributed by atoms with Crippen LogP contribution in [0.25, 0.3) is 0 Å². The van der Waals surface area contributed by atoms with E-state index in [2.05, 4.69) is 20.5 Å². The maximum absolute atomic E-state index is 10.5. The summed E-state index contributed by atoms with van der Waals surface area (Å²) in [5.74, 6) is 0.713. The van der Waals surface area contributed by atoms with Crippen molar-refractivity contribution in [3.05, 3.63) is 22.4 Å². The molecule has 0 aromatic carbocycles. The summed E-state index contributed by atoms with van der Waals surface area (Å²) in [6.45, 7) is 7.62. The van der Waals surface area contributed by atoms with E-state index < -0.39 is 5.60 Å². The predicted octanol–water partition coefficient (Wildman–Crippen LogP) is 0.453. The lowest BCUT2D eigenvalue weighted by Gasteiger charge is -2.27. The third-order valence-corrected chi connectivity index (χ3v) is 4.82. The first kappa shape index (κ1) is 17.2. The van der Waals surface area contributed by atoms with Crippen LogP contribution >= 0.6 is 11.3 Å². The van der Waals surface area contributed by atoms with E-state index in [9.17, 15) is 5.11 Å². The van der Waals surface area contributed by atoms with Gasteiger partial charge in [0.25, 0.3) is 0 Å². The number of hydrogen-bond donors (Lipinski definition) is 3. The Hall–Kier alpha value is -1.15. The van der Waals surface area contributed by atoms with Crippen LogP contribution in [0.15, 0.2) is 22.5 Å². The summed E-state index contributed by atoms with van der Waals surface area (Å²) >= 11 is 1.56. The molecule has 1 saturated heterocycles. The first-order valence-corrected chi connectivity index (χ1v) is 8.51. The highest BCUT2D eigenvalue weighted by atomic mass is 32.1. The van der Waals surface area contributed by atoms with Crippen LogP contribution < -0.4 is 10.6 Å². The fourth-order valence-corrected chi connectivity index (χ4v) is 3.09. The molecule has 1 fully saturated rings. The van der Waals surface area contributed by atoms with E-state index >= 15 is 0 Å². The van der Waals surface area contributed by atoms with Gasteiger partial charge < -0.3 is 20.5 Å². The van der Waals surface area contributed by atoms with Crippen molar-refractivity contribution in [2.45, 2.75) is 12.5 Å². The lowest BCUT2D eigenvalue weighted by Crippen LogP contribution is -2.47. The van der Waals surface area contributed by atoms with Gasteiger partial charge >= 0.3 is 0 Å². The minimum atomic E-state index is -0.893. The molecule has 6 nitrogen and oxygen atoms in total. The summed E-state index contributed by atoms with van der Waals surface area (Å²) in [4.78, 5) is 7.51. The summed E-state index contributed by atoms with van der Waals surface area (Å²) in [5, 5.41) is 18.9. The molecule has 3 N–H and O–H groups in total. The second-order valence-electron chi connectivity index (χ2n) is 5.56. The number of aliphatic imine (C=N–C) groups is 1. The fraction of sp³-hybridized carbons (Fsp3) is 0.667. The first-order chi connectivity index (χ1) is 10.6. The van der Waals surface area contributed by atoms with Crippen LogP contribution in [0.1, 0.15) is 11.8 Å². The molecule has 1 unspecified atom stereocenters. The van der Waals surface area contributed by atoms with Gasteiger partial charge in [0, 0.05) is 38.1 Å². The van der Waals surface area contributed by atoms with Gasteiger partial charge in [-0.3, -0.25) is 9.89 Å². The molecule has 1 atom stereocenters.